The molecule has 0 aromatic heterocycles. The van der Waals surface area contributed by atoms with E-state index in [9.17, 15) is 14.7 Å². The highest BCUT2D eigenvalue weighted by atomic mass is 16.5. The van der Waals surface area contributed by atoms with Gasteiger partial charge in [-0.25, -0.2) is 4.79 Å². The third-order valence-corrected chi connectivity index (χ3v) is 3.27. The zero-order valence-electron chi connectivity index (χ0n) is 13.5. The second-order valence-electron chi connectivity index (χ2n) is 5.81. The van der Waals surface area contributed by atoms with Gasteiger partial charge in [0.2, 0.25) is 0 Å². The Morgan fingerprint density at radius 2 is 1.95 bits per heavy atom. The summed E-state index contributed by atoms with van der Waals surface area (Å²) < 4.78 is 4.62. The first-order valence-electron chi connectivity index (χ1n) is 7.09. The van der Waals surface area contributed by atoms with Crippen molar-refractivity contribution in [3.63, 3.8) is 0 Å². The smallest absolute Gasteiger partial charge is 0.337 e. The molecule has 0 aliphatic heterocycles. The minimum absolute atomic E-state index is 0.141. The third-order valence-electron chi connectivity index (χ3n) is 3.27. The number of carbonyl (C=O) groups excluding carboxylic acids is 2. The van der Waals surface area contributed by atoms with Crippen molar-refractivity contribution >= 4 is 11.9 Å². The molecule has 1 rings (SSSR count). The SMILES string of the molecule is COC(=O)c1cccc(C(=O)NC[C@@](C)(O)CCN(C)C)c1. The first kappa shape index (κ1) is 18.1. The van der Waals surface area contributed by atoms with Crippen LogP contribution >= 0.6 is 0 Å². The summed E-state index contributed by atoms with van der Waals surface area (Å²) in [6.45, 7) is 2.55. The lowest BCUT2D eigenvalue weighted by Crippen LogP contribution is -2.42. The summed E-state index contributed by atoms with van der Waals surface area (Å²) in [5.41, 5.74) is -0.319. The first-order chi connectivity index (χ1) is 10.2. The van der Waals surface area contributed by atoms with Gasteiger partial charge in [0.1, 0.15) is 0 Å². The molecule has 0 bridgehead atoms. The summed E-state index contributed by atoms with van der Waals surface area (Å²) in [6, 6.07) is 6.27. The molecule has 1 aromatic carbocycles. The second-order valence-corrected chi connectivity index (χ2v) is 5.81. The van der Waals surface area contributed by atoms with Gasteiger partial charge >= 0.3 is 5.97 Å². The quantitative estimate of drug-likeness (QED) is 0.732. The minimum Gasteiger partial charge on any atom is -0.465 e. The van der Waals surface area contributed by atoms with Crippen LogP contribution in [-0.4, -0.2) is 61.8 Å². The molecule has 2 N–H and O–H groups in total. The van der Waals surface area contributed by atoms with Gasteiger partial charge in [0.05, 0.1) is 18.3 Å². The summed E-state index contributed by atoms with van der Waals surface area (Å²) in [5, 5.41) is 12.9. The van der Waals surface area contributed by atoms with Crippen molar-refractivity contribution in [1.82, 2.24) is 10.2 Å². The number of hydrogen-bond acceptors (Lipinski definition) is 5. The number of amides is 1. The molecule has 0 heterocycles. The molecular weight excluding hydrogens is 284 g/mol. The van der Waals surface area contributed by atoms with Gasteiger partial charge in [-0.2, -0.15) is 0 Å². The maximum absolute atomic E-state index is 12.1. The molecule has 0 radical (unpaired) electrons. The Balaban J connectivity index is 2.64. The van der Waals surface area contributed by atoms with Gasteiger partial charge < -0.3 is 20.1 Å². The van der Waals surface area contributed by atoms with E-state index in [1.165, 1.54) is 13.2 Å². The molecule has 0 aliphatic carbocycles. The predicted molar refractivity (Wildman–Crippen MR) is 83.9 cm³/mol. The van der Waals surface area contributed by atoms with Crippen molar-refractivity contribution < 1.29 is 19.4 Å². The number of nitrogens with one attached hydrogen (secondary N) is 1. The second kappa shape index (κ2) is 7.91. The van der Waals surface area contributed by atoms with E-state index >= 15 is 0 Å². The molecule has 0 fully saturated rings. The molecular formula is C16H24N2O4. The van der Waals surface area contributed by atoms with Crippen LogP contribution in [0.4, 0.5) is 0 Å². The van der Waals surface area contributed by atoms with Crippen molar-refractivity contribution in [1.29, 1.82) is 0 Å². The van der Waals surface area contributed by atoms with Gasteiger partial charge in [-0.1, -0.05) is 6.07 Å². The zero-order valence-corrected chi connectivity index (χ0v) is 13.5. The Kier molecular flexibility index (Phi) is 6.52. The van der Waals surface area contributed by atoms with E-state index in [0.717, 1.165) is 6.54 Å². The zero-order chi connectivity index (χ0) is 16.8. The molecule has 0 unspecified atom stereocenters. The van der Waals surface area contributed by atoms with Crippen molar-refractivity contribution in [3.05, 3.63) is 35.4 Å². The summed E-state index contributed by atoms with van der Waals surface area (Å²) in [4.78, 5) is 25.5. The van der Waals surface area contributed by atoms with Crippen molar-refractivity contribution in [2.45, 2.75) is 18.9 Å². The van der Waals surface area contributed by atoms with Crippen LogP contribution in [0.1, 0.15) is 34.1 Å². The maximum atomic E-state index is 12.1. The Bertz CT molecular complexity index is 527. The lowest BCUT2D eigenvalue weighted by molar-refractivity contribution is 0.0416. The Labute approximate surface area is 131 Å². The molecule has 22 heavy (non-hydrogen) atoms. The van der Waals surface area contributed by atoms with E-state index in [2.05, 4.69) is 10.1 Å². The fourth-order valence-corrected chi connectivity index (χ4v) is 1.83. The van der Waals surface area contributed by atoms with Crippen LogP contribution in [-0.2, 0) is 4.74 Å². The molecule has 0 saturated heterocycles. The van der Waals surface area contributed by atoms with Crippen LogP contribution in [0.25, 0.3) is 0 Å². The monoisotopic (exact) mass is 308 g/mol. The van der Waals surface area contributed by atoms with Crippen LogP contribution < -0.4 is 5.32 Å². The molecule has 122 valence electrons. The van der Waals surface area contributed by atoms with E-state index < -0.39 is 11.6 Å². The fourth-order valence-electron chi connectivity index (χ4n) is 1.83. The van der Waals surface area contributed by atoms with Gasteiger partial charge in [0, 0.05) is 18.7 Å². The normalized spacial score (nSPS) is 13.5. The van der Waals surface area contributed by atoms with Crippen LogP contribution in [0.15, 0.2) is 24.3 Å². The van der Waals surface area contributed by atoms with Gasteiger partial charge in [-0.3, -0.25) is 4.79 Å². The molecule has 0 saturated carbocycles. The molecule has 1 amide bonds. The molecule has 0 spiro atoms. The molecule has 1 atom stereocenters. The van der Waals surface area contributed by atoms with E-state index in [0.29, 0.717) is 17.5 Å². The summed E-state index contributed by atoms with van der Waals surface area (Å²) in [7, 11) is 5.14. The van der Waals surface area contributed by atoms with E-state index in [-0.39, 0.29) is 12.5 Å². The topological polar surface area (TPSA) is 78.9 Å². The lowest BCUT2D eigenvalue weighted by Gasteiger charge is -2.25. The summed E-state index contributed by atoms with van der Waals surface area (Å²) in [6.07, 6.45) is 0.544. The van der Waals surface area contributed by atoms with Gasteiger partial charge in [0.25, 0.3) is 5.91 Å². The van der Waals surface area contributed by atoms with Crippen molar-refractivity contribution in [2.24, 2.45) is 0 Å². The van der Waals surface area contributed by atoms with Gasteiger partial charge in [-0.15, -0.1) is 0 Å². The average molecular weight is 308 g/mol. The molecule has 1 aromatic rings. The van der Waals surface area contributed by atoms with Crippen LogP contribution in [0.5, 0.6) is 0 Å². The van der Waals surface area contributed by atoms with Crippen molar-refractivity contribution in [3.8, 4) is 0 Å². The van der Waals surface area contributed by atoms with E-state index in [4.69, 9.17) is 0 Å². The number of esters is 1. The van der Waals surface area contributed by atoms with E-state index in [1.54, 1.807) is 25.1 Å². The highest BCUT2D eigenvalue weighted by Gasteiger charge is 2.21. The number of nitrogens with zero attached hydrogens (tertiary/aromatic N) is 1. The van der Waals surface area contributed by atoms with Crippen LogP contribution in [0.2, 0.25) is 0 Å². The number of rotatable bonds is 7. The average Bonchev–Trinajstić information content (AvgIpc) is 2.50. The van der Waals surface area contributed by atoms with Gasteiger partial charge in [-0.05, 0) is 45.6 Å². The third kappa shape index (κ3) is 5.83. The minimum atomic E-state index is -0.986. The number of hydrogen-bond donors (Lipinski definition) is 2. The Morgan fingerprint density at radius 1 is 1.32 bits per heavy atom. The fraction of sp³-hybridized carbons (Fsp3) is 0.500. The summed E-state index contributed by atoms with van der Waals surface area (Å²) in [5.74, 6) is -0.830. The summed E-state index contributed by atoms with van der Waals surface area (Å²) >= 11 is 0. The lowest BCUT2D eigenvalue weighted by atomic mass is 10.0. The highest BCUT2D eigenvalue weighted by molar-refractivity contribution is 5.97. The van der Waals surface area contributed by atoms with Crippen LogP contribution in [0.3, 0.4) is 0 Å². The van der Waals surface area contributed by atoms with E-state index in [1.807, 2.05) is 19.0 Å². The number of ether oxygens (including phenoxy) is 1. The predicted octanol–water partition coefficient (Wildman–Crippen LogP) is 0.906. The molecule has 0 aliphatic rings. The van der Waals surface area contributed by atoms with Crippen molar-refractivity contribution in [2.75, 3.05) is 34.3 Å². The number of carbonyl (C=O) groups is 2. The van der Waals surface area contributed by atoms with Crippen LogP contribution in [0, 0.1) is 0 Å². The first-order valence-corrected chi connectivity index (χ1v) is 7.09. The largest absolute Gasteiger partial charge is 0.465 e. The number of benzene rings is 1. The maximum Gasteiger partial charge on any atom is 0.337 e. The number of aliphatic hydroxyl groups is 1. The van der Waals surface area contributed by atoms with Gasteiger partial charge in [0.15, 0.2) is 0 Å². The Morgan fingerprint density at radius 3 is 2.55 bits per heavy atom. The molecule has 6 heteroatoms. The number of methoxy groups -OCH3 is 1. The highest BCUT2D eigenvalue weighted by Crippen LogP contribution is 2.10. The standard InChI is InChI=1S/C16H24N2O4/c1-16(21,8-9-18(2)3)11-17-14(19)12-6-5-7-13(10-12)15(20)22-4/h5-7,10,21H,8-9,11H2,1-4H3,(H,17,19)/t16-/m0/s1. The Hall–Kier alpha value is -1.92. The molecule has 6 nitrogen and oxygen atoms in total.